The van der Waals surface area contributed by atoms with Crippen LogP contribution in [-0.2, 0) is 11.3 Å². The molecule has 2 aliphatic rings. The Hall–Kier alpha value is -1.82. The molecular formula is C22H29N3O2S. The molecule has 2 fully saturated rings. The fourth-order valence-electron chi connectivity index (χ4n) is 5.50. The van der Waals surface area contributed by atoms with E-state index in [0.717, 1.165) is 19.4 Å². The van der Waals surface area contributed by atoms with Crippen LogP contribution >= 0.6 is 11.8 Å². The molecular weight excluding hydrogens is 370 g/mol. The second kappa shape index (κ2) is 6.90. The van der Waals surface area contributed by atoms with Gasteiger partial charge in [0.15, 0.2) is 5.16 Å². The van der Waals surface area contributed by atoms with Gasteiger partial charge in [-0.15, -0.1) is 0 Å². The first-order valence-corrected chi connectivity index (χ1v) is 11.1. The zero-order chi connectivity index (χ0) is 20.1. The first-order chi connectivity index (χ1) is 13.2. The topological polar surface area (TPSA) is 55.2 Å². The number of thioether (sulfide) groups is 1. The lowest BCUT2D eigenvalue weighted by molar-refractivity contribution is -0.129. The molecule has 2 heterocycles. The fraction of sp³-hybridized carbons (Fsp3) is 0.591. The lowest BCUT2D eigenvalue weighted by atomic mass is 9.65. The number of likely N-dealkylation sites (tertiary alicyclic amines) is 1. The zero-order valence-electron chi connectivity index (χ0n) is 17.2. The van der Waals surface area contributed by atoms with Gasteiger partial charge in [0, 0.05) is 19.1 Å². The molecule has 1 aromatic carbocycles. The highest BCUT2D eigenvalue weighted by Crippen LogP contribution is 2.52. The molecule has 2 atom stereocenters. The number of carbonyl (C=O) groups is 1. The van der Waals surface area contributed by atoms with Crippen LogP contribution in [0.25, 0.3) is 10.9 Å². The van der Waals surface area contributed by atoms with E-state index in [0.29, 0.717) is 39.8 Å². The highest BCUT2D eigenvalue weighted by atomic mass is 32.2. The average molecular weight is 400 g/mol. The average Bonchev–Trinajstić information content (AvgIpc) is 2.88. The number of hydrogen-bond donors (Lipinski definition) is 0. The number of para-hydroxylation sites is 1. The van der Waals surface area contributed by atoms with E-state index in [1.807, 2.05) is 31.2 Å². The Morgan fingerprint density at radius 3 is 2.75 bits per heavy atom. The van der Waals surface area contributed by atoms with Crippen molar-refractivity contribution in [3.05, 3.63) is 34.6 Å². The number of hydrogen-bond acceptors (Lipinski definition) is 4. The molecule has 5 nitrogen and oxygen atoms in total. The summed E-state index contributed by atoms with van der Waals surface area (Å²) in [5.41, 5.74) is 1.19. The summed E-state index contributed by atoms with van der Waals surface area (Å²) in [5.74, 6) is 0.499. The third-order valence-corrected chi connectivity index (χ3v) is 7.16. The number of nitrogens with zero attached hydrogens (tertiary/aromatic N) is 3. The quantitative estimate of drug-likeness (QED) is 0.577. The van der Waals surface area contributed by atoms with Gasteiger partial charge in [-0.25, -0.2) is 4.98 Å². The highest BCUT2D eigenvalue weighted by molar-refractivity contribution is 7.99. The van der Waals surface area contributed by atoms with Gasteiger partial charge in [-0.3, -0.25) is 14.2 Å². The maximum Gasteiger partial charge on any atom is 0.262 e. The van der Waals surface area contributed by atoms with Crippen molar-refractivity contribution >= 4 is 28.6 Å². The molecule has 150 valence electrons. The molecule has 28 heavy (non-hydrogen) atoms. The summed E-state index contributed by atoms with van der Waals surface area (Å²) in [6, 6.07) is 7.76. The summed E-state index contributed by atoms with van der Waals surface area (Å²) in [5, 5.41) is 1.26. The largest absolute Gasteiger partial charge is 0.338 e. The van der Waals surface area contributed by atoms with Crippen molar-refractivity contribution in [3.8, 4) is 0 Å². The SMILES string of the molecule is CCn1c(SCC(=O)N2C[C@@]3(C)C[C@@H]2CC(C)(C)C3)nc2ccccc2c1=O. The van der Waals surface area contributed by atoms with Crippen LogP contribution in [0.4, 0.5) is 0 Å². The summed E-state index contributed by atoms with van der Waals surface area (Å²) in [6.45, 7) is 10.3. The Bertz CT molecular complexity index is 983. The minimum absolute atomic E-state index is 0.0330. The Labute approximate surface area is 170 Å². The van der Waals surface area contributed by atoms with Crippen LogP contribution in [0.1, 0.15) is 47.0 Å². The normalized spacial score (nSPS) is 26.0. The van der Waals surface area contributed by atoms with E-state index in [-0.39, 0.29) is 16.9 Å². The van der Waals surface area contributed by atoms with Crippen LogP contribution in [-0.4, -0.2) is 38.7 Å². The van der Waals surface area contributed by atoms with Gasteiger partial charge in [0.05, 0.1) is 16.7 Å². The molecule has 1 aliphatic carbocycles. The van der Waals surface area contributed by atoms with E-state index in [9.17, 15) is 9.59 Å². The predicted molar refractivity (Wildman–Crippen MR) is 114 cm³/mol. The van der Waals surface area contributed by atoms with Gasteiger partial charge < -0.3 is 4.90 Å². The van der Waals surface area contributed by atoms with Crippen molar-refractivity contribution < 1.29 is 4.79 Å². The van der Waals surface area contributed by atoms with Crippen LogP contribution < -0.4 is 5.56 Å². The highest BCUT2D eigenvalue weighted by Gasteiger charge is 2.50. The molecule has 0 spiro atoms. The van der Waals surface area contributed by atoms with E-state index >= 15 is 0 Å². The van der Waals surface area contributed by atoms with Crippen molar-refractivity contribution in [1.82, 2.24) is 14.5 Å². The molecule has 1 saturated heterocycles. The summed E-state index contributed by atoms with van der Waals surface area (Å²) in [7, 11) is 0. The Balaban J connectivity index is 1.54. The number of benzene rings is 1. The van der Waals surface area contributed by atoms with E-state index < -0.39 is 0 Å². The number of fused-ring (bicyclic) bond motifs is 3. The lowest BCUT2D eigenvalue weighted by Gasteiger charge is -2.39. The first kappa shape index (κ1) is 19.5. The van der Waals surface area contributed by atoms with Gasteiger partial charge in [0.25, 0.3) is 5.56 Å². The summed E-state index contributed by atoms with van der Waals surface area (Å²) >= 11 is 1.39. The van der Waals surface area contributed by atoms with Crippen LogP contribution in [0.5, 0.6) is 0 Å². The molecule has 6 heteroatoms. The molecule has 0 N–H and O–H groups in total. The first-order valence-electron chi connectivity index (χ1n) is 10.1. The van der Waals surface area contributed by atoms with Crippen molar-refractivity contribution in [2.45, 2.75) is 64.7 Å². The van der Waals surface area contributed by atoms with E-state index in [1.165, 1.54) is 18.2 Å². The van der Waals surface area contributed by atoms with Crippen LogP contribution in [0.3, 0.4) is 0 Å². The monoisotopic (exact) mass is 399 g/mol. The molecule has 2 aromatic rings. The molecule has 4 rings (SSSR count). The Morgan fingerprint density at radius 2 is 2.00 bits per heavy atom. The van der Waals surface area contributed by atoms with Crippen molar-refractivity contribution in [2.75, 3.05) is 12.3 Å². The second-order valence-corrected chi connectivity index (χ2v) is 10.4. The molecule has 0 radical (unpaired) electrons. The second-order valence-electron chi connectivity index (χ2n) is 9.48. The van der Waals surface area contributed by atoms with Crippen LogP contribution in [0.2, 0.25) is 0 Å². The van der Waals surface area contributed by atoms with Crippen LogP contribution in [0, 0.1) is 10.8 Å². The fourth-order valence-corrected chi connectivity index (χ4v) is 6.45. The number of carbonyl (C=O) groups excluding carboxylic acids is 1. The number of amides is 1. The van der Waals surface area contributed by atoms with Gasteiger partial charge in [-0.2, -0.15) is 0 Å². The van der Waals surface area contributed by atoms with E-state index in [2.05, 4.69) is 30.7 Å². The van der Waals surface area contributed by atoms with Gasteiger partial charge in [-0.1, -0.05) is 44.7 Å². The van der Waals surface area contributed by atoms with Crippen molar-refractivity contribution in [3.63, 3.8) is 0 Å². The third-order valence-electron chi connectivity index (χ3n) is 6.20. The summed E-state index contributed by atoms with van der Waals surface area (Å²) in [6.07, 6.45) is 3.36. The molecule has 0 unspecified atom stereocenters. The standard InChI is InChI=1S/C22H29N3O2S/c1-5-24-19(27)16-8-6-7-9-17(16)23-20(24)28-12-18(26)25-14-22(4)11-15(25)10-21(2,3)13-22/h6-9,15H,5,10-14H2,1-4H3/t15-,22-/m0/s1. The van der Waals surface area contributed by atoms with Crippen LogP contribution in [0.15, 0.2) is 34.2 Å². The predicted octanol–water partition coefficient (Wildman–Crippen LogP) is 3.94. The molecule has 1 amide bonds. The van der Waals surface area contributed by atoms with Gasteiger partial charge >= 0.3 is 0 Å². The molecule has 2 bridgehead atoms. The third kappa shape index (κ3) is 3.47. The van der Waals surface area contributed by atoms with Gasteiger partial charge in [0.2, 0.25) is 5.91 Å². The molecule has 1 aliphatic heterocycles. The Morgan fingerprint density at radius 1 is 1.25 bits per heavy atom. The summed E-state index contributed by atoms with van der Waals surface area (Å²) < 4.78 is 1.67. The zero-order valence-corrected chi connectivity index (χ0v) is 18.0. The van der Waals surface area contributed by atoms with E-state index in [4.69, 9.17) is 0 Å². The van der Waals surface area contributed by atoms with Gasteiger partial charge in [0.1, 0.15) is 0 Å². The number of aromatic nitrogens is 2. The van der Waals surface area contributed by atoms with Gasteiger partial charge in [-0.05, 0) is 49.1 Å². The molecule has 1 aromatic heterocycles. The maximum atomic E-state index is 13.1. The Kier molecular flexibility index (Phi) is 4.81. The maximum absolute atomic E-state index is 13.1. The van der Waals surface area contributed by atoms with Crippen molar-refractivity contribution in [1.29, 1.82) is 0 Å². The minimum Gasteiger partial charge on any atom is -0.338 e. The number of rotatable bonds is 4. The lowest BCUT2D eigenvalue weighted by Crippen LogP contribution is -2.38. The minimum atomic E-state index is -0.0330. The molecule has 1 saturated carbocycles. The van der Waals surface area contributed by atoms with Crippen molar-refractivity contribution in [2.24, 2.45) is 10.8 Å². The van der Waals surface area contributed by atoms with E-state index in [1.54, 1.807) is 4.57 Å². The summed E-state index contributed by atoms with van der Waals surface area (Å²) in [4.78, 5) is 32.6. The smallest absolute Gasteiger partial charge is 0.262 e.